The van der Waals surface area contributed by atoms with Crippen molar-refractivity contribution in [1.29, 1.82) is 0 Å². The summed E-state index contributed by atoms with van der Waals surface area (Å²) in [4.78, 5) is 26.7. The predicted molar refractivity (Wildman–Crippen MR) is 168 cm³/mol. The molecule has 4 aliphatic rings. The standard InChI is InChI=1S/C35H36F2O7S2/c1-25(2)31(38)43-34-21-26-18-27(22-34)20-33(19-26,23-34)24-42-32(39)35(36,37)46(40,41)44-45(28-12-6-3-7-13-28,29-14-8-4-9-15-29)30-16-10-5-11-17-30/h3-17,26-27H,1,18-24H2,2H3. The van der Waals surface area contributed by atoms with E-state index in [1.165, 1.54) is 0 Å². The highest BCUT2D eigenvalue weighted by Crippen LogP contribution is 2.70. The van der Waals surface area contributed by atoms with Crippen LogP contribution >= 0.6 is 10.3 Å². The van der Waals surface area contributed by atoms with E-state index in [4.69, 9.17) is 13.1 Å². The third-order valence-corrected chi connectivity index (χ3v) is 14.4. The minimum Gasteiger partial charge on any atom is -0.460 e. The molecule has 0 heterocycles. The molecule has 7 rings (SSSR count). The van der Waals surface area contributed by atoms with Gasteiger partial charge in [0.05, 0.1) is 6.61 Å². The minimum atomic E-state index is -5.93. The van der Waals surface area contributed by atoms with Crippen molar-refractivity contribution in [3.05, 3.63) is 103 Å². The highest BCUT2D eigenvalue weighted by atomic mass is 32.3. The number of rotatable bonds is 11. The molecular formula is C35H36F2O7S2. The molecule has 0 radical (unpaired) electrons. The largest absolute Gasteiger partial charge is 0.466 e. The second-order valence-electron chi connectivity index (χ2n) is 12.9. The first-order valence-electron chi connectivity index (χ1n) is 15.2. The molecule has 0 N–H and O–H groups in total. The van der Waals surface area contributed by atoms with Crippen LogP contribution < -0.4 is 0 Å². The first-order valence-corrected chi connectivity index (χ1v) is 18.1. The average molecular weight is 671 g/mol. The summed E-state index contributed by atoms with van der Waals surface area (Å²) in [5.41, 5.74) is -1.22. The Hall–Kier alpha value is -3.54. The van der Waals surface area contributed by atoms with Crippen molar-refractivity contribution < 1.29 is 39.9 Å². The number of esters is 2. The summed E-state index contributed by atoms with van der Waals surface area (Å²) < 4.78 is 76.0. The van der Waals surface area contributed by atoms with Crippen LogP contribution in [-0.4, -0.2) is 37.8 Å². The SMILES string of the molecule is C=C(C)C(=O)OC12CC3CC(CC(COC(=O)C(F)(F)S(=O)(=O)OS(c4ccccc4)(c4ccccc4)c4ccccc4)(C3)C1)C2. The van der Waals surface area contributed by atoms with Gasteiger partial charge in [0.25, 0.3) is 0 Å². The summed E-state index contributed by atoms with van der Waals surface area (Å²) in [6.45, 7) is 4.82. The number of carbonyl (C=O) groups excluding carboxylic acids is 2. The lowest BCUT2D eigenvalue weighted by molar-refractivity contribution is -0.210. The van der Waals surface area contributed by atoms with Gasteiger partial charge in [0.15, 0.2) is 0 Å². The van der Waals surface area contributed by atoms with Crippen LogP contribution in [0.1, 0.15) is 45.4 Å². The van der Waals surface area contributed by atoms with Gasteiger partial charge in [-0.05, 0) is 104 Å². The van der Waals surface area contributed by atoms with E-state index >= 15 is 8.78 Å². The summed E-state index contributed by atoms with van der Waals surface area (Å²) in [6.07, 6.45) is 3.80. The van der Waals surface area contributed by atoms with E-state index < -0.39 is 55.2 Å². The van der Waals surface area contributed by atoms with E-state index in [1.54, 1.807) is 97.9 Å². The van der Waals surface area contributed by atoms with Gasteiger partial charge >= 0.3 is 27.3 Å². The second-order valence-corrected chi connectivity index (χ2v) is 17.4. The highest BCUT2D eigenvalue weighted by Gasteiger charge is 2.62. The molecule has 244 valence electrons. The Morgan fingerprint density at radius 3 is 1.72 bits per heavy atom. The van der Waals surface area contributed by atoms with Gasteiger partial charge in [-0.3, -0.25) is 0 Å². The van der Waals surface area contributed by atoms with Gasteiger partial charge in [0.1, 0.15) is 5.60 Å². The molecule has 3 aromatic carbocycles. The quantitative estimate of drug-likeness (QED) is 0.152. The fourth-order valence-corrected chi connectivity index (χ4v) is 12.9. The maximum atomic E-state index is 15.9. The molecule has 2 unspecified atom stereocenters. The minimum absolute atomic E-state index is 0.178. The van der Waals surface area contributed by atoms with Crippen LogP contribution in [0.15, 0.2) is 118 Å². The molecule has 0 spiro atoms. The third kappa shape index (κ3) is 5.77. The number of ether oxygens (including phenoxy) is 2. The smallest absolute Gasteiger partial charge is 0.460 e. The molecule has 4 fully saturated rings. The van der Waals surface area contributed by atoms with Crippen molar-refractivity contribution in [1.82, 2.24) is 0 Å². The Bertz CT molecular complexity index is 1620. The van der Waals surface area contributed by atoms with Crippen LogP contribution in [0.4, 0.5) is 8.78 Å². The van der Waals surface area contributed by atoms with Gasteiger partial charge in [-0.15, -0.1) is 0 Å². The van der Waals surface area contributed by atoms with Gasteiger partial charge in [-0.25, -0.2) is 13.2 Å². The molecule has 4 aliphatic carbocycles. The molecule has 4 bridgehead atoms. The number of hydrogen-bond donors (Lipinski definition) is 0. The number of hydrogen-bond acceptors (Lipinski definition) is 7. The summed E-state index contributed by atoms with van der Waals surface area (Å²) in [7, 11) is -9.24. The maximum Gasteiger partial charge on any atom is 0.466 e. The fraction of sp³-hybridized carbons (Fsp3) is 0.371. The predicted octanol–water partition coefficient (Wildman–Crippen LogP) is 7.82. The molecule has 7 nitrogen and oxygen atoms in total. The number of alkyl halides is 2. The second kappa shape index (κ2) is 11.9. The molecule has 0 saturated heterocycles. The lowest BCUT2D eigenvalue weighted by Gasteiger charge is -2.60. The van der Waals surface area contributed by atoms with Crippen molar-refractivity contribution in [2.75, 3.05) is 6.61 Å². The Balaban J connectivity index is 1.29. The topological polar surface area (TPSA) is 96.0 Å². The zero-order valence-electron chi connectivity index (χ0n) is 25.4. The zero-order chi connectivity index (χ0) is 32.8. The van der Waals surface area contributed by atoms with E-state index in [2.05, 4.69) is 6.58 Å². The van der Waals surface area contributed by atoms with E-state index in [0.717, 1.165) is 6.42 Å². The van der Waals surface area contributed by atoms with Crippen molar-refractivity contribution in [3.8, 4) is 0 Å². The number of halogens is 2. The third-order valence-electron chi connectivity index (χ3n) is 9.26. The monoisotopic (exact) mass is 670 g/mol. The van der Waals surface area contributed by atoms with E-state index in [0.29, 0.717) is 46.8 Å². The maximum absolute atomic E-state index is 15.9. The Morgan fingerprint density at radius 1 is 0.826 bits per heavy atom. The summed E-state index contributed by atoms with van der Waals surface area (Å²) in [6, 6.07) is 24.8. The molecule has 4 saturated carbocycles. The summed E-state index contributed by atoms with van der Waals surface area (Å²) in [5, 5.41) is -5.02. The van der Waals surface area contributed by atoms with E-state index in [9.17, 15) is 18.0 Å². The van der Waals surface area contributed by atoms with Crippen molar-refractivity contribution in [2.45, 2.75) is 71.0 Å². The van der Waals surface area contributed by atoms with Gasteiger partial charge in [0.2, 0.25) is 0 Å². The first-order chi connectivity index (χ1) is 21.8. The Morgan fingerprint density at radius 2 is 1.28 bits per heavy atom. The van der Waals surface area contributed by atoms with Crippen LogP contribution in [0.3, 0.4) is 0 Å². The summed E-state index contributed by atoms with van der Waals surface area (Å²) >= 11 is 0. The summed E-state index contributed by atoms with van der Waals surface area (Å²) in [5.74, 6) is -2.35. The molecule has 46 heavy (non-hydrogen) atoms. The van der Waals surface area contributed by atoms with E-state index in [1.807, 2.05) is 0 Å². The molecule has 0 aromatic heterocycles. The van der Waals surface area contributed by atoms with Crippen LogP contribution in [0.5, 0.6) is 0 Å². The molecule has 2 atom stereocenters. The zero-order valence-corrected chi connectivity index (χ0v) is 27.0. The first kappa shape index (κ1) is 32.4. The van der Waals surface area contributed by atoms with Gasteiger partial charge in [0, 0.05) is 25.7 Å². The Labute approximate surface area is 269 Å². The normalized spacial score (nSPS) is 25.9. The number of carbonyl (C=O) groups is 2. The van der Waals surface area contributed by atoms with Crippen molar-refractivity contribution in [3.63, 3.8) is 0 Å². The van der Waals surface area contributed by atoms with E-state index in [-0.39, 0.29) is 17.4 Å². The van der Waals surface area contributed by atoms with Crippen LogP contribution in [0.2, 0.25) is 0 Å². The average Bonchev–Trinajstić information content (AvgIpc) is 3.02. The van der Waals surface area contributed by atoms with Gasteiger partial charge in [-0.2, -0.15) is 17.2 Å². The van der Waals surface area contributed by atoms with Crippen molar-refractivity contribution in [2.24, 2.45) is 17.3 Å². The van der Waals surface area contributed by atoms with Crippen LogP contribution in [-0.2, 0) is 32.8 Å². The van der Waals surface area contributed by atoms with Gasteiger partial charge < -0.3 is 9.47 Å². The number of benzene rings is 3. The molecular weight excluding hydrogens is 635 g/mol. The van der Waals surface area contributed by atoms with Crippen LogP contribution in [0.25, 0.3) is 0 Å². The lowest BCUT2D eigenvalue weighted by Crippen LogP contribution is -2.59. The highest BCUT2D eigenvalue weighted by molar-refractivity contribution is 8.33. The molecule has 11 heteroatoms. The van der Waals surface area contributed by atoms with Crippen LogP contribution in [0, 0.1) is 17.3 Å². The molecule has 0 aliphatic heterocycles. The lowest BCUT2D eigenvalue weighted by atomic mass is 9.48. The van der Waals surface area contributed by atoms with Crippen molar-refractivity contribution >= 4 is 32.4 Å². The van der Waals surface area contributed by atoms with Gasteiger partial charge in [-0.1, -0.05) is 61.2 Å². The fourth-order valence-electron chi connectivity index (χ4n) is 7.88. The molecule has 0 amide bonds. The Kier molecular flexibility index (Phi) is 8.40. The molecule has 3 aromatic rings.